The van der Waals surface area contributed by atoms with Crippen molar-refractivity contribution in [2.24, 2.45) is 0 Å². The molecular weight excluding hydrogens is 218 g/mol. The number of thiophene rings is 1. The van der Waals surface area contributed by atoms with Gasteiger partial charge in [-0.05, 0) is 24.4 Å². The first-order valence-electron chi connectivity index (χ1n) is 5.66. The molecule has 0 unspecified atom stereocenters. The first kappa shape index (κ1) is 10.1. The molecule has 1 aliphatic heterocycles. The lowest BCUT2D eigenvalue weighted by atomic mass is 10.2. The Labute approximate surface area is 99.4 Å². The first-order valence-corrected chi connectivity index (χ1v) is 6.48. The number of hydrogen-bond acceptors (Lipinski definition) is 3. The second kappa shape index (κ2) is 4.07. The third-order valence-electron chi connectivity index (χ3n) is 3.00. The molecule has 1 saturated heterocycles. The zero-order chi connectivity index (χ0) is 11.0. The molecule has 2 aromatic rings. The van der Waals surface area contributed by atoms with Crippen LogP contribution in [-0.4, -0.2) is 26.3 Å². The second-order valence-electron chi connectivity index (χ2n) is 4.15. The third-order valence-corrected chi connectivity index (χ3v) is 4.09. The lowest BCUT2D eigenvalue weighted by Gasteiger charge is -2.29. The van der Waals surface area contributed by atoms with Gasteiger partial charge in [0.25, 0.3) is 0 Å². The molecule has 0 N–H and O–H groups in total. The summed E-state index contributed by atoms with van der Waals surface area (Å²) in [4.78, 5) is 3.82. The highest BCUT2D eigenvalue weighted by Crippen LogP contribution is 2.34. The van der Waals surface area contributed by atoms with E-state index in [1.54, 1.807) is 0 Å². The largest absolute Gasteiger partial charge is 0.378 e. The van der Waals surface area contributed by atoms with Gasteiger partial charge < -0.3 is 9.64 Å². The van der Waals surface area contributed by atoms with Crippen molar-refractivity contribution in [1.29, 1.82) is 0 Å². The van der Waals surface area contributed by atoms with Crippen molar-refractivity contribution in [1.82, 2.24) is 0 Å². The average Bonchev–Trinajstić information content (AvgIpc) is 2.70. The van der Waals surface area contributed by atoms with E-state index in [1.165, 1.54) is 20.7 Å². The normalized spacial score (nSPS) is 16.9. The maximum atomic E-state index is 5.40. The van der Waals surface area contributed by atoms with Crippen LogP contribution in [0.15, 0.2) is 24.3 Å². The van der Waals surface area contributed by atoms with Gasteiger partial charge in [0.15, 0.2) is 0 Å². The maximum Gasteiger partial charge on any atom is 0.0642 e. The van der Waals surface area contributed by atoms with Gasteiger partial charge in [-0.1, -0.05) is 12.1 Å². The minimum absolute atomic E-state index is 0.848. The Kier molecular flexibility index (Phi) is 2.58. The number of fused-ring (bicyclic) bond motifs is 1. The van der Waals surface area contributed by atoms with Gasteiger partial charge in [-0.3, -0.25) is 0 Å². The molecule has 0 saturated carbocycles. The topological polar surface area (TPSA) is 12.5 Å². The first-order chi connectivity index (χ1) is 7.84. The Hall–Kier alpha value is -1.06. The number of benzene rings is 1. The van der Waals surface area contributed by atoms with E-state index in [0.717, 1.165) is 26.3 Å². The van der Waals surface area contributed by atoms with Gasteiger partial charge in [0.2, 0.25) is 0 Å². The highest BCUT2D eigenvalue weighted by molar-refractivity contribution is 7.19. The van der Waals surface area contributed by atoms with Gasteiger partial charge >= 0.3 is 0 Å². The second-order valence-corrected chi connectivity index (χ2v) is 5.41. The molecule has 1 aromatic carbocycles. The van der Waals surface area contributed by atoms with Crippen molar-refractivity contribution in [3.05, 3.63) is 29.1 Å². The molecule has 16 heavy (non-hydrogen) atoms. The molecule has 0 amide bonds. The van der Waals surface area contributed by atoms with Crippen molar-refractivity contribution in [3.8, 4) is 0 Å². The molecular formula is C13H15NOS. The fourth-order valence-corrected chi connectivity index (χ4v) is 3.28. The molecule has 1 aliphatic rings. The van der Waals surface area contributed by atoms with Crippen LogP contribution in [0, 0.1) is 6.92 Å². The maximum absolute atomic E-state index is 5.40. The van der Waals surface area contributed by atoms with Crippen LogP contribution in [-0.2, 0) is 4.74 Å². The van der Waals surface area contributed by atoms with Crippen LogP contribution in [0.25, 0.3) is 10.1 Å². The summed E-state index contributed by atoms with van der Waals surface area (Å²) in [7, 11) is 0. The zero-order valence-corrected chi connectivity index (χ0v) is 10.2. The predicted molar refractivity (Wildman–Crippen MR) is 69.6 cm³/mol. The van der Waals surface area contributed by atoms with E-state index in [0.29, 0.717) is 0 Å². The fraction of sp³-hybridized carbons (Fsp3) is 0.385. The predicted octanol–water partition coefficient (Wildman–Crippen LogP) is 3.05. The van der Waals surface area contributed by atoms with E-state index in [9.17, 15) is 0 Å². The highest BCUT2D eigenvalue weighted by atomic mass is 32.1. The molecule has 3 rings (SSSR count). The Morgan fingerprint density at radius 2 is 2.06 bits per heavy atom. The van der Waals surface area contributed by atoms with E-state index in [1.807, 2.05) is 11.3 Å². The quantitative estimate of drug-likeness (QED) is 0.750. The molecule has 2 heterocycles. The zero-order valence-electron chi connectivity index (χ0n) is 9.40. The number of aryl methyl sites for hydroxylation is 1. The Morgan fingerprint density at radius 3 is 2.88 bits per heavy atom. The van der Waals surface area contributed by atoms with E-state index < -0.39 is 0 Å². The van der Waals surface area contributed by atoms with Crippen LogP contribution in [0.5, 0.6) is 0 Å². The standard InChI is InChI=1S/C13H15NOS/c1-10-9-11-3-2-4-12(13(11)16-10)14-5-7-15-8-6-14/h2-4,9H,5-8H2,1H3. The fourth-order valence-electron chi connectivity index (χ4n) is 2.23. The average molecular weight is 233 g/mol. The van der Waals surface area contributed by atoms with Crippen LogP contribution >= 0.6 is 11.3 Å². The summed E-state index contributed by atoms with van der Waals surface area (Å²) in [6, 6.07) is 8.84. The summed E-state index contributed by atoms with van der Waals surface area (Å²) in [5, 5.41) is 1.37. The number of morpholine rings is 1. The Balaban J connectivity index is 2.07. The van der Waals surface area contributed by atoms with Gasteiger partial charge in [0, 0.05) is 18.0 Å². The monoisotopic (exact) mass is 233 g/mol. The molecule has 3 heteroatoms. The smallest absolute Gasteiger partial charge is 0.0642 e. The number of nitrogens with zero attached hydrogens (tertiary/aromatic N) is 1. The van der Waals surface area contributed by atoms with Crippen molar-refractivity contribution in [2.45, 2.75) is 6.92 Å². The van der Waals surface area contributed by atoms with Gasteiger partial charge in [0.05, 0.1) is 23.6 Å². The Morgan fingerprint density at radius 1 is 1.25 bits per heavy atom. The summed E-state index contributed by atoms with van der Waals surface area (Å²) in [5.41, 5.74) is 1.37. The van der Waals surface area contributed by atoms with Crippen LogP contribution in [0.2, 0.25) is 0 Å². The van der Waals surface area contributed by atoms with Crippen LogP contribution in [0.3, 0.4) is 0 Å². The van der Waals surface area contributed by atoms with E-state index in [2.05, 4.69) is 36.1 Å². The summed E-state index contributed by atoms with van der Waals surface area (Å²) in [6.45, 7) is 5.89. The number of rotatable bonds is 1. The molecule has 0 aliphatic carbocycles. The van der Waals surface area contributed by atoms with Crippen LogP contribution < -0.4 is 4.90 Å². The van der Waals surface area contributed by atoms with Crippen molar-refractivity contribution in [3.63, 3.8) is 0 Å². The Bertz CT molecular complexity index is 500. The van der Waals surface area contributed by atoms with Gasteiger partial charge in [-0.15, -0.1) is 11.3 Å². The van der Waals surface area contributed by atoms with Crippen LogP contribution in [0.4, 0.5) is 5.69 Å². The van der Waals surface area contributed by atoms with E-state index in [-0.39, 0.29) is 0 Å². The van der Waals surface area contributed by atoms with Gasteiger partial charge in [-0.25, -0.2) is 0 Å². The number of anilines is 1. The third kappa shape index (κ3) is 1.70. The van der Waals surface area contributed by atoms with E-state index >= 15 is 0 Å². The molecule has 1 aromatic heterocycles. The van der Waals surface area contributed by atoms with Gasteiger partial charge in [0.1, 0.15) is 0 Å². The summed E-state index contributed by atoms with van der Waals surface area (Å²) in [5.74, 6) is 0. The molecule has 0 spiro atoms. The number of ether oxygens (including phenoxy) is 1. The summed E-state index contributed by atoms with van der Waals surface area (Å²) < 4.78 is 6.82. The lowest BCUT2D eigenvalue weighted by molar-refractivity contribution is 0.123. The SMILES string of the molecule is Cc1cc2cccc(N3CCOCC3)c2s1. The highest BCUT2D eigenvalue weighted by Gasteiger charge is 2.14. The van der Waals surface area contributed by atoms with Crippen LogP contribution in [0.1, 0.15) is 4.88 Å². The molecule has 1 fully saturated rings. The minimum atomic E-state index is 0.848. The van der Waals surface area contributed by atoms with Crippen molar-refractivity contribution < 1.29 is 4.74 Å². The molecule has 84 valence electrons. The molecule has 2 nitrogen and oxygen atoms in total. The minimum Gasteiger partial charge on any atom is -0.378 e. The molecule has 0 atom stereocenters. The summed E-state index contributed by atoms with van der Waals surface area (Å²) >= 11 is 1.89. The lowest BCUT2D eigenvalue weighted by Crippen LogP contribution is -2.36. The molecule has 0 bridgehead atoms. The van der Waals surface area contributed by atoms with E-state index in [4.69, 9.17) is 4.74 Å². The van der Waals surface area contributed by atoms with Gasteiger partial charge in [-0.2, -0.15) is 0 Å². The summed E-state index contributed by atoms with van der Waals surface area (Å²) in [6.07, 6.45) is 0. The number of hydrogen-bond donors (Lipinski definition) is 0. The van der Waals surface area contributed by atoms with Crippen molar-refractivity contribution in [2.75, 3.05) is 31.2 Å². The molecule has 0 radical (unpaired) electrons. The van der Waals surface area contributed by atoms with Crippen molar-refractivity contribution >= 4 is 27.1 Å².